The molecule has 1 fully saturated rings. The predicted octanol–water partition coefficient (Wildman–Crippen LogP) is 3.77. The van der Waals surface area contributed by atoms with E-state index >= 15 is 0 Å². The summed E-state index contributed by atoms with van der Waals surface area (Å²) in [5.41, 5.74) is 0. The highest BCUT2D eigenvalue weighted by molar-refractivity contribution is 5.40. The lowest BCUT2D eigenvalue weighted by Crippen LogP contribution is -2.42. The van der Waals surface area contributed by atoms with Crippen LogP contribution in [0.15, 0.2) is 24.3 Å². The van der Waals surface area contributed by atoms with E-state index in [1.54, 1.807) is 0 Å². The van der Waals surface area contributed by atoms with Gasteiger partial charge < -0.3 is 14.8 Å². The monoisotopic (exact) mass is 289 g/mol. The van der Waals surface area contributed by atoms with Gasteiger partial charge in [-0.1, -0.05) is 38.3 Å². The van der Waals surface area contributed by atoms with Crippen molar-refractivity contribution >= 4 is 0 Å². The van der Waals surface area contributed by atoms with Crippen molar-refractivity contribution in [2.75, 3.05) is 13.2 Å². The van der Waals surface area contributed by atoms with E-state index in [1.807, 2.05) is 24.3 Å². The van der Waals surface area contributed by atoms with Gasteiger partial charge in [0.25, 0.3) is 0 Å². The maximum absolute atomic E-state index is 6.01. The van der Waals surface area contributed by atoms with E-state index < -0.39 is 0 Å². The number of ether oxygens (including phenoxy) is 2. The van der Waals surface area contributed by atoms with Crippen LogP contribution in [0.2, 0.25) is 0 Å². The summed E-state index contributed by atoms with van der Waals surface area (Å²) in [7, 11) is 0. The van der Waals surface area contributed by atoms with Crippen LogP contribution in [0.1, 0.15) is 45.4 Å². The van der Waals surface area contributed by atoms with E-state index in [0.717, 1.165) is 24.0 Å². The van der Waals surface area contributed by atoms with Gasteiger partial charge in [0.05, 0.1) is 0 Å². The molecule has 1 heterocycles. The fourth-order valence-corrected chi connectivity index (χ4v) is 3.45. The molecule has 1 aliphatic carbocycles. The van der Waals surface area contributed by atoms with E-state index in [0.29, 0.717) is 12.6 Å². The summed E-state index contributed by atoms with van der Waals surface area (Å²) in [5, 5.41) is 3.70. The largest absolute Gasteiger partial charge is 0.486 e. The zero-order valence-corrected chi connectivity index (χ0v) is 13.0. The van der Waals surface area contributed by atoms with Gasteiger partial charge in [-0.2, -0.15) is 0 Å². The number of benzene rings is 1. The summed E-state index contributed by atoms with van der Waals surface area (Å²) in [4.78, 5) is 0. The third kappa shape index (κ3) is 3.91. The molecular weight excluding hydrogens is 262 g/mol. The molecule has 1 saturated carbocycles. The van der Waals surface area contributed by atoms with Gasteiger partial charge in [-0.15, -0.1) is 0 Å². The van der Waals surface area contributed by atoms with Gasteiger partial charge in [0.15, 0.2) is 11.5 Å². The Labute approximate surface area is 128 Å². The van der Waals surface area contributed by atoms with Crippen molar-refractivity contribution in [1.82, 2.24) is 5.32 Å². The Balaban J connectivity index is 1.46. The molecule has 2 aliphatic rings. The Morgan fingerprint density at radius 2 is 1.95 bits per heavy atom. The number of nitrogens with one attached hydrogen (secondary N) is 1. The van der Waals surface area contributed by atoms with Gasteiger partial charge >= 0.3 is 0 Å². The topological polar surface area (TPSA) is 30.5 Å². The SMILES string of the molecule is CCC1CCCC(NCC2COc3ccccc3O2)CC1. The van der Waals surface area contributed by atoms with Crippen LogP contribution in [0.25, 0.3) is 0 Å². The molecule has 1 aliphatic heterocycles. The van der Waals surface area contributed by atoms with E-state index in [9.17, 15) is 0 Å². The molecule has 1 aromatic rings. The van der Waals surface area contributed by atoms with Crippen LogP contribution >= 0.6 is 0 Å². The highest BCUT2D eigenvalue weighted by Crippen LogP contribution is 2.31. The lowest BCUT2D eigenvalue weighted by molar-refractivity contribution is 0.0876. The zero-order valence-electron chi connectivity index (χ0n) is 13.0. The lowest BCUT2D eigenvalue weighted by atomic mass is 9.98. The van der Waals surface area contributed by atoms with Crippen LogP contribution in [-0.4, -0.2) is 25.3 Å². The van der Waals surface area contributed by atoms with Crippen molar-refractivity contribution in [2.45, 2.75) is 57.6 Å². The molecule has 0 bridgehead atoms. The Kier molecular flexibility index (Phi) is 5.02. The third-order valence-electron chi connectivity index (χ3n) is 4.87. The molecule has 1 N–H and O–H groups in total. The van der Waals surface area contributed by atoms with E-state index in [1.165, 1.54) is 38.5 Å². The number of hydrogen-bond donors (Lipinski definition) is 1. The van der Waals surface area contributed by atoms with Crippen molar-refractivity contribution in [2.24, 2.45) is 5.92 Å². The van der Waals surface area contributed by atoms with Crippen LogP contribution < -0.4 is 14.8 Å². The molecule has 3 heteroatoms. The van der Waals surface area contributed by atoms with Gasteiger partial charge in [-0.3, -0.25) is 0 Å². The van der Waals surface area contributed by atoms with Crippen molar-refractivity contribution in [3.63, 3.8) is 0 Å². The maximum atomic E-state index is 6.01. The molecule has 0 aromatic heterocycles. The number of rotatable bonds is 4. The number of hydrogen-bond acceptors (Lipinski definition) is 3. The molecule has 3 atom stereocenters. The van der Waals surface area contributed by atoms with Gasteiger partial charge in [0, 0.05) is 12.6 Å². The first-order chi connectivity index (χ1) is 10.3. The van der Waals surface area contributed by atoms with Gasteiger partial charge in [0.1, 0.15) is 12.7 Å². The van der Waals surface area contributed by atoms with Crippen molar-refractivity contribution in [1.29, 1.82) is 0 Å². The Bertz CT molecular complexity index is 449. The van der Waals surface area contributed by atoms with E-state index in [-0.39, 0.29) is 6.10 Å². The maximum Gasteiger partial charge on any atom is 0.161 e. The third-order valence-corrected chi connectivity index (χ3v) is 4.87. The minimum Gasteiger partial charge on any atom is -0.486 e. The summed E-state index contributed by atoms with van der Waals surface area (Å²) >= 11 is 0. The van der Waals surface area contributed by atoms with Gasteiger partial charge in [-0.05, 0) is 37.3 Å². The molecule has 0 radical (unpaired) electrons. The molecule has 0 saturated heterocycles. The second-order valence-electron chi connectivity index (χ2n) is 6.39. The zero-order chi connectivity index (χ0) is 14.5. The molecule has 1 aromatic carbocycles. The summed E-state index contributed by atoms with van der Waals surface area (Å²) < 4.78 is 11.8. The summed E-state index contributed by atoms with van der Waals surface area (Å²) in [6.07, 6.45) is 8.22. The minimum absolute atomic E-state index is 0.130. The average Bonchev–Trinajstić information content (AvgIpc) is 2.78. The molecule has 0 spiro atoms. The molecule has 21 heavy (non-hydrogen) atoms. The minimum atomic E-state index is 0.130. The summed E-state index contributed by atoms with van der Waals surface area (Å²) in [6.45, 7) is 3.85. The van der Waals surface area contributed by atoms with Crippen molar-refractivity contribution in [3.8, 4) is 11.5 Å². The lowest BCUT2D eigenvalue weighted by Gasteiger charge is -2.28. The fraction of sp³-hybridized carbons (Fsp3) is 0.667. The molecule has 116 valence electrons. The van der Waals surface area contributed by atoms with Crippen LogP contribution in [0.3, 0.4) is 0 Å². The highest BCUT2D eigenvalue weighted by Gasteiger charge is 2.23. The Morgan fingerprint density at radius 3 is 2.81 bits per heavy atom. The standard InChI is InChI=1S/C18H27NO2/c1-2-14-6-5-7-15(11-10-14)19-12-16-13-20-17-8-3-4-9-18(17)21-16/h3-4,8-9,14-16,19H,2,5-7,10-13H2,1H3. The Hall–Kier alpha value is -1.22. The average molecular weight is 289 g/mol. The van der Waals surface area contributed by atoms with Crippen LogP contribution in [-0.2, 0) is 0 Å². The van der Waals surface area contributed by atoms with Crippen molar-refractivity contribution in [3.05, 3.63) is 24.3 Å². The number of fused-ring (bicyclic) bond motifs is 1. The summed E-state index contributed by atoms with van der Waals surface area (Å²) in [6, 6.07) is 8.58. The molecule has 3 rings (SSSR count). The molecular formula is C18H27NO2. The second kappa shape index (κ2) is 7.17. The van der Waals surface area contributed by atoms with Crippen LogP contribution in [0.5, 0.6) is 11.5 Å². The van der Waals surface area contributed by atoms with Crippen molar-refractivity contribution < 1.29 is 9.47 Å². The van der Waals surface area contributed by atoms with Gasteiger partial charge in [-0.25, -0.2) is 0 Å². The second-order valence-corrected chi connectivity index (χ2v) is 6.39. The normalized spacial score (nSPS) is 28.9. The smallest absolute Gasteiger partial charge is 0.161 e. The molecule has 3 nitrogen and oxygen atoms in total. The first-order valence-electron chi connectivity index (χ1n) is 8.47. The molecule has 0 amide bonds. The quantitative estimate of drug-likeness (QED) is 0.856. The molecule has 3 unspecified atom stereocenters. The van der Waals surface area contributed by atoms with Gasteiger partial charge in [0.2, 0.25) is 0 Å². The highest BCUT2D eigenvalue weighted by atomic mass is 16.6. The van der Waals surface area contributed by atoms with E-state index in [2.05, 4.69) is 12.2 Å². The van der Waals surface area contributed by atoms with Crippen LogP contribution in [0.4, 0.5) is 0 Å². The first-order valence-corrected chi connectivity index (χ1v) is 8.47. The van der Waals surface area contributed by atoms with Crippen LogP contribution in [0, 0.1) is 5.92 Å². The number of para-hydroxylation sites is 2. The summed E-state index contributed by atoms with van der Waals surface area (Å²) in [5.74, 6) is 2.69. The fourth-order valence-electron chi connectivity index (χ4n) is 3.45. The predicted molar refractivity (Wildman–Crippen MR) is 85.0 cm³/mol. The Morgan fingerprint density at radius 1 is 1.10 bits per heavy atom. The van der Waals surface area contributed by atoms with E-state index in [4.69, 9.17) is 9.47 Å². The first kappa shape index (κ1) is 14.7.